The van der Waals surface area contributed by atoms with E-state index in [0.29, 0.717) is 5.82 Å². The molecule has 5 nitrogen and oxygen atoms in total. The maximum Gasteiger partial charge on any atom is 0.252 e. The second-order valence-electron chi connectivity index (χ2n) is 5.14. The number of imide groups is 1. The molecule has 5 heteroatoms. The summed E-state index contributed by atoms with van der Waals surface area (Å²) in [5.41, 5.74) is 0.966. The van der Waals surface area contributed by atoms with Gasteiger partial charge in [0.25, 0.3) is 5.91 Å². The van der Waals surface area contributed by atoms with Crippen LogP contribution in [0, 0.1) is 6.92 Å². The van der Waals surface area contributed by atoms with Crippen LogP contribution in [0.3, 0.4) is 0 Å². The van der Waals surface area contributed by atoms with Gasteiger partial charge in [-0.1, -0.05) is 19.9 Å². The molecule has 2 amide bonds. The van der Waals surface area contributed by atoms with Crippen LogP contribution in [0.4, 0.5) is 5.82 Å². The Kier molecular flexibility index (Phi) is 4.37. The molecular weight excluding hydrogens is 254 g/mol. The largest absolute Gasteiger partial charge is 0.358 e. The van der Waals surface area contributed by atoms with Crippen molar-refractivity contribution in [1.29, 1.82) is 0 Å². The van der Waals surface area contributed by atoms with Crippen LogP contribution in [0.5, 0.6) is 0 Å². The number of aryl methyl sites for hydroxylation is 1. The molecule has 0 saturated carbocycles. The molecule has 0 spiro atoms. The monoisotopic (exact) mass is 275 g/mol. The molecule has 1 fully saturated rings. The second kappa shape index (κ2) is 6.03. The van der Waals surface area contributed by atoms with Crippen molar-refractivity contribution in [1.82, 2.24) is 9.88 Å². The third-order valence-corrected chi connectivity index (χ3v) is 3.81. The summed E-state index contributed by atoms with van der Waals surface area (Å²) in [6, 6.07) is 3.29. The number of nitrogens with one attached hydrogen (secondary N) is 1. The molecule has 1 aliphatic heterocycles. The van der Waals surface area contributed by atoms with Crippen LogP contribution in [0.2, 0.25) is 0 Å². The van der Waals surface area contributed by atoms with Gasteiger partial charge < -0.3 is 5.32 Å². The fraction of sp³-hybridized carbons (Fsp3) is 0.533. The molecule has 0 bridgehead atoms. The third kappa shape index (κ3) is 2.66. The van der Waals surface area contributed by atoms with Crippen LogP contribution in [0.25, 0.3) is 0 Å². The first-order valence-electron chi connectivity index (χ1n) is 7.12. The van der Waals surface area contributed by atoms with Crippen molar-refractivity contribution < 1.29 is 9.59 Å². The minimum Gasteiger partial charge on any atom is -0.358 e. The van der Waals surface area contributed by atoms with E-state index >= 15 is 0 Å². The van der Waals surface area contributed by atoms with E-state index < -0.39 is 6.04 Å². The Balaban J connectivity index is 2.14. The number of rotatable bonds is 5. The number of nitrogens with zero attached hydrogens (tertiary/aromatic N) is 2. The average Bonchev–Trinajstić information content (AvgIpc) is 2.71. The lowest BCUT2D eigenvalue weighted by Gasteiger charge is -2.24. The molecule has 20 heavy (non-hydrogen) atoms. The predicted molar refractivity (Wildman–Crippen MR) is 77.2 cm³/mol. The van der Waals surface area contributed by atoms with Gasteiger partial charge in [0.2, 0.25) is 5.91 Å². The number of hydrogen-bond donors (Lipinski definition) is 1. The van der Waals surface area contributed by atoms with Crippen molar-refractivity contribution in [3.63, 3.8) is 0 Å². The first-order chi connectivity index (χ1) is 9.58. The van der Waals surface area contributed by atoms with Gasteiger partial charge in [0, 0.05) is 12.2 Å². The Bertz CT molecular complexity index is 512. The summed E-state index contributed by atoms with van der Waals surface area (Å²) < 4.78 is 0. The summed E-state index contributed by atoms with van der Waals surface area (Å²) >= 11 is 0. The number of anilines is 1. The highest BCUT2D eigenvalue weighted by Crippen LogP contribution is 2.23. The van der Waals surface area contributed by atoms with Crippen molar-refractivity contribution in [3.8, 4) is 0 Å². The molecule has 108 valence electrons. The molecule has 1 aromatic rings. The molecule has 1 aliphatic rings. The summed E-state index contributed by atoms with van der Waals surface area (Å²) in [5.74, 6) is 0.452. The van der Waals surface area contributed by atoms with Crippen molar-refractivity contribution in [2.75, 3.05) is 5.32 Å². The molecule has 1 N–H and O–H groups in total. The first kappa shape index (κ1) is 14.5. The van der Waals surface area contributed by atoms with Gasteiger partial charge in [-0.05, 0) is 31.4 Å². The molecule has 1 saturated heterocycles. The fourth-order valence-electron chi connectivity index (χ4n) is 2.60. The number of pyridine rings is 1. The first-order valence-corrected chi connectivity index (χ1v) is 7.12. The zero-order valence-electron chi connectivity index (χ0n) is 12.2. The highest BCUT2D eigenvalue weighted by atomic mass is 16.2. The summed E-state index contributed by atoms with van der Waals surface area (Å²) in [5, 5.41) is 3.10. The lowest BCUT2D eigenvalue weighted by atomic mass is 10.1. The SMILES string of the molecule is CCC(CC)N1C(=O)CC(Nc2ncccc2C)C1=O. The van der Waals surface area contributed by atoms with E-state index in [1.165, 1.54) is 4.90 Å². The van der Waals surface area contributed by atoms with Crippen molar-refractivity contribution in [2.45, 2.75) is 52.1 Å². The minimum atomic E-state index is -0.489. The van der Waals surface area contributed by atoms with Crippen LogP contribution in [-0.2, 0) is 9.59 Å². The van der Waals surface area contributed by atoms with Crippen molar-refractivity contribution >= 4 is 17.6 Å². The van der Waals surface area contributed by atoms with Crippen LogP contribution in [-0.4, -0.2) is 33.8 Å². The number of carbonyl (C=O) groups is 2. The zero-order chi connectivity index (χ0) is 14.7. The van der Waals surface area contributed by atoms with Crippen molar-refractivity contribution in [3.05, 3.63) is 23.9 Å². The van der Waals surface area contributed by atoms with Gasteiger partial charge in [0.15, 0.2) is 0 Å². The molecule has 2 rings (SSSR count). The maximum atomic E-state index is 12.4. The minimum absolute atomic E-state index is 0.00614. The Morgan fingerprint density at radius 3 is 2.70 bits per heavy atom. The fourth-order valence-corrected chi connectivity index (χ4v) is 2.60. The number of carbonyl (C=O) groups excluding carboxylic acids is 2. The summed E-state index contributed by atoms with van der Waals surface area (Å²) in [6.45, 7) is 5.92. The molecule has 1 unspecified atom stereocenters. The van der Waals surface area contributed by atoms with E-state index in [9.17, 15) is 9.59 Å². The second-order valence-corrected chi connectivity index (χ2v) is 5.14. The Hall–Kier alpha value is -1.91. The van der Waals surface area contributed by atoms with Gasteiger partial charge in [0.05, 0.1) is 6.42 Å². The van der Waals surface area contributed by atoms with Gasteiger partial charge in [-0.15, -0.1) is 0 Å². The van der Waals surface area contributed by atoms with E-state index in [1.54, 1.807) is 6.20 Å². The standard InChI is InChI=1S/C15H21N3O2/c1-4-11(5-2)18-13(19)9-12(15(18)20)17-14-10(3)7-6-8-16-14/h6-8,11-12H,4-5,9H2,1-3H3,(H,16,17). The smallest absolute Gasteiger partial charge is 0.252 e. The summed E-state index contributed by atoms with van der Waals surface area (Å²) in [6.07, 6.45) is 3.48. The van der Waals surface area contributed by atoms with Gasteiger partial charge >= 0.3 is 0 Å². The highest BCUT2D eigenvalue weighted by Gasteiger charge is 2.41. The molecule has 2 heterocycles. The van der Waals surface area contributed by atoms with Crippen LogP contribution >= 0.6 is 0 Å². The molecular formula is C15H21N3O2. The Labute approximate surface area is 119 Å². The van der Waals surface area contributed by atoms with Crippen LogP contribution in [0.15, 0.2) is 18.3 Å². The molecule has 1 atom stereocenters. The van der Waals surface area contributed by atoms with E-state index in [4.69, 9.17) is 0 Å². The lowest BCUT2D eigenvalue weighted by molar-refractivity contribution is -0.141. The van der Waals surface area contributed by atoms with Crippen LogP contribution in [0.1, 0.15) is 38.7 Å². The molecule has 0 aliphatic carbocycles. The zero-order valence-corrected chi connectivity index (χ0v) is 12.2. The normalized spacial score (nSPS) is 19.0. The average molecular weight is 275 g/mol. The van der Waals surface area contributed by atoms with E-state index in [2.05, 4.69) is 10.3 Å². The Morgan fingerprint density at radius 2 is 2.10 bits per heavy atom. The van der Waals surface area contributed by atoms with Crippen LogP contribution < -0.4 is 5.32 Å². The topological polar surface area (TPSA) is 62.3 Å². The van der Waals surface area contributed by atoms with Crippen molar-refractivity contribution in [2.24, 2.45) is 0 Å². The van der Waals surface area contributed by atoms with E-state index in [1.807, 2.05) is 32.9 Å². The quantitative estimate of drug-likeness (QED) is 0.836. The number of likely N-dealkylation sites (tertiary alicyclic amines) is 1. The third-order valence-electron chi connectivity index (χ3n) is 3.81. The molecule has 1 aromatic heterocycles. The summed E-state index contributed by atoms with van der Waals surface area (Å²) in [4.78, 5) is 30.1. The summed E-state index contributed by atoms with van der Waals surface area (Å²) in [7, 11) is 0. The lowest BCUT2D eigenvalue weighted by Crippen LogP contribution is -2.41. The van der Waals surface area contributed by atoms with Gasteiger partial charge in [-0.25, -0.2) is 4.98 Å². The maximum absolute atomic E-state index is 12.4. The molecule has 0 radical (unpaired) electrons. The molecule has 0 aromatic carbocycles. The number of hydrogen-bond acceptors (Lipinski definition) is 4. The predicted octanol–water partition coefficient (Wildman–Crippen LogP) is 2.12. The van der Waals surface area contributed by atoms with Gasteiger partial charge in [-0.2, -0.15) is 0 Å². The Morgan fingerprint density at radius 1 is 1.40 bits per heavy atom. The van der Waals surface area contributed by atoms with E-state index in [0.717, 1.165) is 18.4 Å². The van der Waals surface area contributed by atoms with E-state index in [-0.39, 0.29) is 24.3 Å². The number of aromatic nitrogens is 1. The highest BCUT2D eigenvalue weighted by molar-refractivity contribution is 6.07. The van der Waals surface area contributed by atoms with Gasteiger partial charge in [0.1, 0.15) is 11.9 Å². The van der Waals surface area contributed by atoms with Gasteiger partial charge in [-0.3, -0.25) is 14.5 Å². The number of amides is 2.